The summed E-state index contributed by atoms with van der Waals surface area (Å²) in [5, 5.41) is 0. The van der Waals surface area contributed by atoms with E-state index in [0.29, 0.717) is 24.9 Å². The molecule has 0 spiro atoms. The number of amides is 1. The van der Waals surface area contributed by atoms with Crippen LogP contribution in [0.2, 0.25) is 0 Å². The number of aromatic nitrogens is 1. The first-order valence-corrected chi connectivity index (χ1v) is 8.52. The van der Waals surface area contributed by atoms with Gasteiger partial charge in [0.1, 0.15) is 10.6 Å². The molecule has 0 aliphatic carbocycles. The molecule has 1 N–H and O–H groups in total. The van der Waals surface area contributed by atoms with Crippen molar-refractivity contribution in [2.24, 2.45) is 11.8 Å². The average Bonchev–Trinajstić information content (AvgIpc) is 2.81. The summed E-state index contributed by atoms with van der Waals surface area (Å²) in [4.78, 5) is 16.6. The Kier molecular flexibility index (Phi) is 3.92. The highest BCUT2D eigenvalue weighted by Crippen LogP contribution is 2.24. The number of rotatable bonds is 2. The molecule has 106 valence electrons. The zero-order chi connectivity index (χ0) is 14.2. The molecule has 19 heavy (non-hydrogen) atoms. The fourth-order valence-corrected chi connectivity index (χ4v) is 2.98. The van der Waals surface area contributed by atoms with Crippen molar-refractivity contribution in [2.75, 3.05) is 13.1 Å². The number of aromatic amines is 1. The molecule has 0 saturated carbocycles. The molecule has 1 amide bonds. The van der Waals surface area contributed by atoms with Crippen molar-refractivity contribution in [1.29, 1.82) is 0 Å². The van der Waals surface area contributed by atoms with E-state index in [0.717, 1.165) is 6.42 Å². The zero-order valence-electron chi connectivity index (χ0n) is 10.9. The molecular weight excluding hydrogens is 288 g/mol. The Morgan fingerprint density at radius 1 is 1.42 bits per heavy atom. The number of hydrogen-bond donors (Lipinski definition) is 1. The second-order valence-corrected chi connectivity index (χ2v) is 7.75. The van der Waals surface area contributed by atoms with Gasteiger partial charge in [-0.1, -0.05) is 13.8 Å². The van der Waals surface area contributed by atoms with E-state index in [9.17, 15) is 13.2 Å². The third-order valence-corrected chi connectivity index (χ3v) is 5.12. The van der Waals surface area contributed by atoms with E-state index in [-0.39, 0.29) is 16.5 Å². The van der Waals surface area contributed by atoms with Crippen molar-refractivity contribution >= 4 is 25.6 Å². The van der Waals surface area contributed by atoms with E-state index in [1.807, 2.05) is 0 Å². The van der Waals surface area contributed by atoms with Crippen molar-refractivity contribution < 1.29 is 13.2 Å². The lowest BCUT2D eigenvalue weighted by molar-refractivity contribution is 0.0622. The lowest BCUT2D eigenvalue weighted by Crippen LogP contribution is -2.42. The molecule has 7 heteroatoms. The van der Waals surface area contributed by atoms with Crippen LogP contribution in [0.1, 0.15) is 30.8 Å². The topological polar surface area (TPSA) is 70.2 Å². The first-order chi connectivity index (χ1) is 8.79. The van der Waals surface area contributed by atoms with Crippen LogP contribution in [0.3, 0.4) is 0 Å². The molecule has 1 aliphatic heterocycles. The lowest BCUT2D eigenvalue weighted by atomic mass is 9.88. The summed E-state index contributed by atoms with van der Waals surface area (Å²) in [6.07, 6.45) is 2.21. The van der Waals surface area contributed by atoms with Crippen LogP contribution in [0, 0.1) is 11.8 Å². The molecule has 1 aromatic rings. The van der Waals surface area contributed by atoms with E-state index in [1.54, 1.807) is 4.90 Å². The second kappa shape index (κ2) is 5.17. The van der Waals surface area contributed by atoms with Gasteiger partial charge in [0.25, 0.3) is 15.0 Å². The van der Waals surface area contributed by atoms with Crippen LogP contribution in [0.4, 0.5) is 0 Å². The molecule has 2 unspecified atom stereocenters. The largest absolute Gasteiger partial charge is 0.356 e. The highest BCUT2D eigenvalue weighted by atomic mass is 35.7. The van der Waals surface area contributed by atoms with Crippen LogP contribution in [0.5, 0.6) is 0 Å². The van der Waals surface area contributed by atoms with Crippen molar-refractivity contribution in [2.45, 2.75) is 25.2 Å². The number of nitrogens with zero attached hydrogens (tertiary/aromatic N) is 1. The van der Waals surface area contributed by atoms with Crippen molar-refractivity contribution in [3.63, 3.8) is 0 Å². The Morgan fingerprint density at radius 2 is 2.11 bits per heavy atom. The molecule has 1 aromatic heterocycles. The minimum Gasteiger partial charge on any atom is -0.356 e. The van der Waals surface area contributed by atoms with E-state index in [1.165, 1.54) is 12.3 Å². The predicted octanol–water partition coefficient (Wildman–Crippen LogP) is 2.06. The Labute approximate surface area is 117 Å². The molecule has 1 fully saturated rings. The van der Waals surface area contributed by atoms with E-state index in [2.05, 4.69) is 18.8 Å². The number of carbonyl (C=O) groups is 1. The van der Waals surface area contributed by atoms with Crippen molar-refractivity contribution in [3.05, 3.63) is 18.0 Å². The van der Waals surface area contributed by atoms with Gasteiger partial charge in [0.2, 0.25) is 0 Å². The minimum absolute atomic E-state index is 0.0732. The molecule has 1 aliphatic rings. The predicted molar refractivity (Wildman–Crippen MR) is 72.7 cm³/mol. The highest BCUT2D eigenvalue weighted by Gasteiger charge is 2.27. The average molecular weight is 305 g/mol. The van der Waals surface area contributed by atoms with Crippen LogP contribution >= 0.6 is 10.7 Å². The summed E-state index contributed by atoms with van der Waals surface area (Å²) in [7, 11) is 1.44. The standard InChI is InChI=1S/C12H17ClN2O3S/c1-8-3-4-15(7-9(8)2)12(16)11-5-10(6-14-11)19(13,17)18/h5-6,8-9,14H,3-4,7H2,1-2H3. The van der Waals surface area contributed by atoms with Crippen LogP contribution < -0.4 is 0 Å². The van der Waals surface area contributed by atoms with Gasteiger partial charge in [-0.3, -0.25) is 4.79 Å². The maximum atomic E-state index is 12.2. The van der Waals surface area contributed by atoms with Gasteiger partial charge in [-0.2, -0.15) is 0 Å². The lowest BCUT2D eigenvalue weighted by Gasteiger charge is -2.35. The van der Waals surface area contributed by atoms with Crippen molar-refractivity contribution in [1.82, 2.24) is 9.88 Å². The summed E-state index contributed by atoms with van der Waals surface area (Å²) in [5.41, 5.74) is 0.265. The second-order valence-electron chi connectivity index (χ2n) is 5.18. The van der Waals surface area contributed by atoms with Gasteiger partial charge in [-0.15, -0.1) is 0 Å². The first kappa shape index (κ1) is 14.4. The summed E-state index contributed by atoms with van der Waals surface area (Å²) in [6, 6.07) is 1.29. The van der Waals surface area contributed by atoms with Gasteiger partial charge in [0.05, 0.1) is 0 Å². The quantitative estimate of drug-likeness (QED) is 0.850. The Hall–Kier alpha value is -1.01. The number of nitrogens with one attached hydrogen (secondary N) is 1. The number of likely N-dealkylation sites (tertiary alicyclic amines) is 1. The number of halogens is 1. The molecule has 2 heterocycles. The van der Waals surface area contributed by atoms with Crippen LogP contribution in [0.25, 0.3) is 0 Å². The van der Waals surface area contributed by atoms with Gasteiger partial charge in [-0.05, 0) is 24.3 Å². The molecule has 5 nitrogen and oxygen atoms in total. The Bertz CT molecular complexity index is 582. The fraction of sp³-hybridized carbons (Fsp3) is 0.583. The van der Waals surface area contributed by atoms with Crippen LogP contribution in [-0.2, 0) is 9.05 Å². The van der Waals surface area contributed by atoms with Gasteiger partial charge in [0, 0.05) is 30.0 Å². The third kappa shape index (κ3) is 3.12. The molecule has 0 radical (unpaired) electrons. The molecule has 2 atom stereocenters. The van der Waals surface area contributed by atoms with Gasteiger partial charge in [0.15, 0.2) is 0 Å². The van der Waals surface area contributed by atoms with Gasteiger partial charge in [-0.25, -0.2) is 8.42 Å². The number of piperidine rings is 1. The fourth-order valence-electron chi connectivity index (χ4n) is 2.26. The van der Waals surface area contributed by atoms with E-state index >= 15 is 0 Å². The molecular formula is C12H17ClN2O3S. The Morgan fingerprint density at radius 3 is 2.63 bits per heavy atom. The van der Waals surface area contributed by atoms with E-state index in [4.69, 9.17) is 10.7 Å². The monoisotopic (exact) mass is 304 g/mol. The molecule has 0 bridgehead atoms. The van der Waals surface area contributed by atoms with Crippen LogP contribution in [0.15, 0.2) is 17.2 Å². The summed E-state index contributed by atoms with van der Waals surface area (Å²) >= 11 is 0. The van der Waals surface area contributed by atoms with Crippen molar-refractivity contribution in [3.8, 4) is 0 Å². The number of H-pyrrole nitrogens is 1. The SMILES string of the molecule is CC1CCN(C(=O)c2cc(S(=O)(=O)Cl)c[nH]2)CC1C. The number of carbonyl (C=O) groups excluding carboxylic acids is 1. The zero-order valence-corrected chi connectivity index (χ0v) is 12.5. The smallest absolute Gasteiger partial charge is 0.270 e. The Balaban J connectivity index is 2.14. The highest BCUT2D eigenvalue weighted by molar-refractivity contribution is 8.13. The van der Waals surface area contributed by atoms with Crippen LogP contribution in [-0.4, -0.2) is 37.3 Å². The minimum atomic E-state index is -3.80. The van der Waals surface area contributed by atoms with E-state index < -0.39 is 9.05 Å². The number of hydrogen-bond acceptors (Lipinski definition) is 3. The van der Waals surface area contributed by atoms with Gasteiger partial charge < -0.3 is 9.88 Å². The normalized spacial score (nSPS) is 24.5. The molecule has 1 saturated heterocycles. The summed E-state index contributed by atoms with van der Waals surface area (Å²) in [5.74, 6) is 0.876. The maximum Gasteiger partial charge on any atom is 0.270 e. The first-order valence-electron chi connectivity index (χ1n) is 6.21. The molecule has 2 rings (SSSR count). The molecule has 0 aromatic carbocycles. The third-order valence-electron chi connectivity index (χ3n) is 3.79. The summed E-state index contributed by atoms with van der Waals surface area (Å²) < 4.78 is 22.3. The summed E-state index contributed by atoms with van der Waals surface area (Å²) in [6.45, 7) is 5.70. The van der Waals surface area contributed by atoms with Gasteiger partial charge >= 0.3 is 0 Å². The maximum absolute atomic E-state index is 12.2.